The second kappa shape index (κ2) is 12.6. The van der Waals surface area contributed by atoms with E-state index in [0.717, 1.165) is 11.3 Å². The average Bonchev–Trinajstić information content (AvgIpc) is 2.60. The summed E-state index contributed by atoms with van der Waals surface area (Å²) in [5.41, 5.74) is 1.87. The first-order chi connectivity index (χ1) is 11.6. The first kappa shape index (κ1) is 24.3. The summed E-state index contributed by atoms with van der Waals surface area (Å²) in [5.74, 6) is -0.294. The lowest BCUT2D eigenvalue weighted by Crippen LogP contribution is -2.39. The van der Waals surface area contributed by atoms with Crippen LogP contribution in [-0.4, -0.2) is 35.9 Å². The van der Waals surface area contributed by atoms with Crippen LogP contribution < -0.4 is 5.32 Å². The zero-order valence-electron chi connectivity index (χ0n) is 15.0. The summed E-state index contributed by atoms with van der Waals surface area (Å²) in [4.78, 5) is 18.9. The number of nitrogens with one attached hydrogen (secondary N) is 1. The summed E-state index contributed by atoms with van der Waals surface area (Å²) in [6, 6.07) is 12.1. The van der Waals surface area contributed by atoms with Gasteiger partial charge in [-0.15, -0.1) is 24.8 Å². The summed E-state index contributed by atoms with van der Waals surface area (Å²) in [7, 11) is 1.84. The number of carbonyl (C=O) groups is 1. The van der Waals surface area contributed by atoms with E-state index in [-0.39, 0.29) is 42.5 Å². The van der Waals surface area contributed by atoms with Crippen LogP contribution in [0.3, 0.4) is 0 Å². The molecule has 0 fully saturated rings. The first-order valence-corrected chi connectivity index (χ1v) is 8.18. The number of halogens is 3. The van der Waals surface area contributed by atoms with Crippen LogP contribution >= 0.6 is 24.8 Å². The van der Waals surface area contributed by atoms with Gasteiger partial charge in [-0.05, 0) is 36.9 Å². The molecule has 0 saturated heterocycles. The number of hydrogen-bond donors (Lipinski definition) is 1. The lowest BCUT2D eigenvalue weighted by atomic mass is 10.1. The molecular formula is C19H26Cl2FN3O. The standard InChI is InChI=1S/C19H24FN3O.2ClH/c1-15(13-21-2)19(24)23(12-10-18-5-3-4-11-22-18)14-16-6-8-17(20)9-7-16;;/h3-9,11,15,21H,10,12-14H2,1-2H3;2*1H. The number of carbonyl (C=O) groups excluding carboxylic acids is 1. The van der Waals surface area contributed by atoms with E-state index in [4.69, 9.17) is 0 Å². The third-order valence-corrected chi connectivity index (χ3v) is 3.89. The fourth-order valence-electron chi connectivity index (χ4n) is 2.58. The van der Waals surface area contributed by atoms with Gasteiger partial charge in [0.05, 0.1) is 0 Å². The molecule has 144 valence electrons. The average molecular weight is 402 g/mol. The van der Waals surface area contributed by atoms with Crippen molar-refractivity contribution in [3.8, 4) is 0 Å². The molecule has 1 amide bonds. The molecule has 1 atom stereocenters. The molecule has 0 aliphatic rings. The highest BCUT2D eigenvalue weighted by Crippen LogP contribution is 2.11. The van der Waals surface area contributed by atoms with Crippen molar-refractivity contribution in [2.24, 2.45) is 5.92 Å². The maximum absolute atomic E-state index is 13.1. The molecule has 1 unspecified atom stereocenters. The van der Waals surface area contributed by atoms with E-state index >= 15 is 0 Å². The minimum atomic E-state index is -0.270. The Hall–Kier alpha value is -1.69. The van der Waals surface area contributed by atoms with E-state index < -0.39 is 0 Å². The third-order valence-electron chi connectivity index (χ3n) is 3.89. The van der Waals surface area contributed by atoms with Gasteiger partial charge in [-0.25, -0.2) is 4.39 Å². The van der Waals surface area contributed by atoms with Gasteiger partial charge in [0.15, 0.2) is 0 Å². The van der Waals surface area contributed by atoms with Gasteiger partial charge >= 0.3 is 0 Å². The van der Waals surface area contributed by atoms with Crippen LogP contribution in [0.5, 0.6) is 0 Å². The fraction of sp³-hybridized carbons (Fsp3) is 0.368. The highest BCUT2D eigenvalue weighted by Gasteiger charge is 2.20. The predicted octanol–water partition coefficient (Wildman–Crippen LogP) is 3.49. The largest absolute Gasteiger partial charge is 0.338 e. The van der Waals surface area contributed by atoms with Crippen molar-refractivity contribution >= 4 is 30.7 Å². The van der Waals surface area contributed by atoms with Gasteiger partial charge in [-0.2, -0.15) is 0 Å². The fourth-order valence-corrected chi connectivity index (χ4v) is 2.58. The van der Waals surface area contributed by atoms with Crippen molar-refractivity contribution in [1.29, 1.82) is 0 Å². The summed E-state index contributed by atoms with van der Waals surface area (Å²) in [6.07, 6.45) is 2.45. The summed E-state index contributed by atoms with van der Waals surface area (Å²) < 4.78 is 13.1. The molecule has 2 aromatic rings. The molecule has 1 N–H and O–H groups in total. The van der Waals surface area contributed by atoms with Crippen LogP contribution in [-0.2, 0) is 17.8 Å². The molecule has 1 heterocycles. The summed E-state index contributed by atoms with van der Waals surface area (Å²) in [5, 5.41) is 3.04. The van der Waals surface area contributed by atoms with Crippen LogP contribution in [0.2, 0.25) is 0 Å². The smallest absolute Gasteiger partial charge is 0.226 e. The van der Waals surface area contributed by atoms with Gasteiger partial charge in [0.25, 0.3) is 0 Å². The summed E-state index contributed by atoms with van der Waals surface area (Å²) >= 11 is 0. The van der Waals surface area contributed by atoms with E-state index in [0.29, 0.717) is 26.1 Å². The quantitative estimate of drug-likeness (QED) is 0.735. The molecule has 4 nitrogen and oxygen atoms in total. The lowest BCUT2D eigenvalue weighted by molar-refractivity contribution is -0.135. The number of nitrogens with zero attached hydrogens (tertiary/aromatic N) is 2. The Bertz CT molecular complexity index is 641. The van der Waals surface area contributed by atoms with Crippen molar-refractivity contribution in [3.05, 3.63) is 65.7 Å². The topological polar surface area (TPSA) is 45.2 Å². The molecule has 0 saturated carbocycles. The van der Waals surface area contributed by atoms with Gasteiger partial charge in [0.2, 0.25) is 5.91 Å². The van der Waals surface area contributed by atoms with E-state index in [9.17, 15) is 9.18 Å². The number of amides is 1. The van der Waals surface area contributed by atoms with Gasteiger partial charge in [0, 0.05) is 43.9 Å². The molecule has 0 radical (unpaired) electrons. The lowest BCUT2D eigenvalue weighted by Gasteiger charge is -2.26. The van der Waals surface area contributed by atoms with Crippen LogP contribution in [0.15, 0.2) is 48.7 Å². The van der Waals surface area contributed by atoms with Gasteiger partial charge < -0.3 is 10.2 Å². The second-order valence-electron chi connectivity index (χ2n) is 5.92. The molecule has 7 heteroatoms. The van der Waals surface area contributed by atoms with Crippen LogP contribution in [0, 0.1) is 11.7 Å². The maximum atomic E-state index is 13.1. The van der Waals surface area contributed by atoms with E-state index in [1.54, 1.807) is 18.3 Å². The van der Waals surface area contributed by atoms with Gasteiger partial charge in [-0.1, -0.05) is 25.1 Å². The maximum Gasteiger partial charge on any atom is 0.226 e. The van der Waals surface area contributed by atoms with Crippen molar-refractivity contribution < 1.29 is 9.18 Å². The Morgan fingerprint density at radius 2 is 1.88 bits per heavy atom. The van der Waals surface area contributed by atoms with E-state index in [2.05, 4.69) is 10.3 Å². The zero-order valence-corrected chi connectivity index (χ0v) is 16.7. The SMILES string of the molecule is CNCC(C)C(=O)N(CCc1ccccn1)Cc1ccc(F)cc1.Cl.Cl. The molecule has 0 spiro atoms. The number of pyridine rings is 1. The van der Waals surface area contributed by atoms with Crippen molar-refractivity contribution in [2.45, 2.75) is 19.9 Å². The van der Waals surface area contributed by atoms with Crippen molar-refractivity contribution in [2.75, 3.05) is 20.1 Å². The zero-order chi connectivity index (χ0) is 17.4. The number of hydrogen-bond acceptors (Lipinski definition) is 3. The molecule has 0 aliphatic heterocycles. The summed E-state index contributed by atoms with van der Waals surface area (Å²) in [6.45, 7) is 3.60. The molecular weight excluding hydrogens is 376 g/mol. The van der Waals surface area contributed by atoms with Gasteiger partial charge in [0.1, 0.15) is 5.82 Å². The highest BCUT2D eigenvalue weighted by molar-refractivity contribution is 5.85. The molecule has 1 aromatic carbocycles. The highest BCUT2D eigenvalue weighted by atomic mass is 35.5. The van der Waals surface area contributed by atoms with Crippen LogP contribution in [0.1, 0.15) is 18.2 Å². The van der Waals surface area contributed by atoms with Crippen LogP contribution in [0.25, 0.3) is 0 Å². The second-order valence-corrected chi connectivity index (χ2v) is 5.92. The molecule has 2 rings (SSSR count). The number of benzene rings is 1. The Kier molecular flexibility index (Phi) is 11.8. The van der Waals surface area contributed by atoms with Crippen molar-refractivity contribution in [3.63, 3.8) is 0 Å². The number of rotatable bonds is 8. The minimum absolute atomic E-state index is 0. The Morgan fingerprint density at radius 3 is 2.46 bits per heavy atom. The Labute approximate surface area is 167 Å². The minimum Gasteiger partial charge on any atom is -0.338 e. The molecule has 0 bridgehead atoms. The van der Waals surface area contributed by atoms with Crippen LogP contribution in [0.4, 0.5) is 4.39 Å². The molecule has 26 heavy (non-hydrogen) atoms. The molecule has 0 aliphatic carbocycles. The predicted molar refractivity (Wildman–Crippen MR) is 107 cm³/mol. The van der Waals surface area contributed by atoms with E-state index in [1.165, 1.54) is 12.1 Å². The van der Waals surface area contributed by atoms with Gasteiger partial charge in [-0.3, -0.25) is 9.78 Å². The molecule has 1 aromatic heterocycles. The Balaban J connectivity index is 0.00000312. The normalized spacial score (nSPS) is 11.0. The third kappa shape index (κ3) is 7.68. The first-order valence-electron chi connectivity index (χ1n) is 8.18. The number of aromatic nitrogens is 1. The Morgan fingerprint density at radius 1 is 1.19 bits per heavy atom. The van der Waals surface area contributed by atoms with E-state index in [1.807, 2.05) is 37.1 Å². The monoisotopic (exact) mass is 401 g/mol. The van der Waals surface area contributed by atoms with Crippen molar-refractivity contribution in [1.82, 2.24) is 15.2 Å².